The molecule has 1 N–H and O–H groups in total. The third-order valence-corrected chi connectivity index (χ3v) is 3.02. The van der Waals surface area contributed by atoms with E-state index in [1.807, 2.05) is 0 Å². The van der Waals surface area contributed by atoms with Gasteiger partial charge in [0.05, 0.1) is 0 Å². The van der Waals surface area contributed by atoms with Crippen molar-refractivity contribution in [1.29, 1.82) is 0 Å². The van der Waals surface area contributed by atoms with E-state index in [9.17, 15) is 0 Å². The summed E-state index contributed by atoms with van der Waals surface area (Å²) in [5.41, 5.74) is 1.76. The van der Waals surface area contributed by atoms with Gasteiger partial charge < -0.3 is 5.32 Å². The quantitative estimate of drug-likeness (QED) is 0.698. The van der Waals surface area contributed by atoms with Crippen LogP contribution in [0.3, 0.4) is 0 Å². The van der Waals surface area contributed by atoms with Crippen LogP contribution in [-0.4, -0.2) is 11.6 Å². The zero-order chi connectivity index (χ0) is 11.9. The molecule has 1 unspecified atom stereocenters. The van der Waals surface area contributed by atoms with E-state index in [0.717, 1.165) is 5.92 Å². The Kier molecular flexibility index (Phi) is 3.35. The second-order valence-electron chi connectivity index (χ2n) is 6.98. The topological polar surface area (TPSA) is 12.0 Å². The van der Waals surface area contributed by atoms with Crippen LogP contribution in [0.1, 0.15) is 54.4 Å². The fraction of sp³-hybridized carbons (Fsp3) is 0.857. The molecule has 0 spiro atoms. The molecule has 1 saturated carbocycles. The lowest BCUT2D eigenvalue weighted by molar-refractivity contribution is 0.324. The van der Waals surface area contributed by atoms with Gasteiger partial charge in [0.25, 0.3) is 0 Å². The van der Waals surface area contributed by atoms with Crippen molar-refractivity contribution in [3.63, 3.8) is 0 Å². The Morgan fingerprint density at radius 1 is 1.13 bits per heavy atom. The summed E-state index contributed by atoms with van der Waals surface area (Å²) in [6, 6.07) is 0.505. The standard InChI is InChI=1S/C14H27N/c1-10(13(2,3)4)12(11-8-9-11)15-14(5,6)7/h11-12,15H,1,8-9H2,2-7H3. The third kappa shape index (κ3) is 3.98. The van der Waals surface area contributed by atoms with E-state index in [4.69, 9.17) is 0 Å². The highest BCUT2D eigenvalue weighted by atomic mass is 15.0. The third-order valence-electron chi connectivity index (χ3n) is 3.02. The average molecular weight is 209 g/mol. The molecule has 1 aliphatic rings. The fourth-order valence-corrected chi connectivity index (χ4v) is 1.85. The van der Waals surface area contributed by atoms with E-state index in [1.54, 1.807) is 0 Å². The van der Waals surface area contributed by atoms with Crippen LogP contribution in [-0.2, 0) is 0 Å². The van der Waals surface area contributed by atoms with Crippen LogP contribution in [0.4, 0.5) is 0 Å². The summed E-state index contributed by atoms with van der Waals surface area (Å²) in [5, 5.41) is 3.72. The molecule has 1 rings (SSSR count). The van der Waals surface area contributed by atoms with E-state index in [1.165, 1.54) is 18.4 Å². The second-order valence-corrected chi connectivity index (χ2v) is 6.98. The fourth-order valence-electron chi connectivity index (χ4n) is 1.85. The first kappa shape index (κ1) is 12.8. The number of rotatable bonds is 3. The molecule has 15 heavy (non-hydrogen) atoms. The maximum absolute atomic E-state index is 4.31. The van der Waals surface area contributed by atoms with E-state index in [-0.39, 0.29) is 11.0 Å². The largest absolute Gasteiger partial charge is 0.305 e. The van der Waals surface area contributed by atoms with Crippen molar-refractivity contribution in [2.24, 2.45) is 11.3 Å². The Labute approximate surface area is 95.3 Å². The molecule has 0 saturated heterocycles. The molecule has 1 aliphatic carbocycles. The van der Waals surface area contributed by atoms with Gasteiger partial charge >= 0.3 is 0 Å². The van der Waals surface area contributed by atoms with Crippen LogP contribution in [0.25, 0.3) is 0 Å². The van der Waals surface area contributed by atoms with E-state index >= 15 is 0 Å². The molecule has 0 bridgehead atoms. The van der Waals surface area contributed by atoms with Crippen molar-refractivity contribution in [3.05, 3.63) is 12.2 Å². The summed E-state index contributed by atoms with van der Waals surface area (Å²) in [5.74, 6) is 0.830. The Bertz CT molecular complexity index is 235. The van der Waals surface area contributed by atoms with Crippen molar-refractivity contribution in [2.45, 2.75) is 66.0 Å². The molecule has 0 radical (unpaired) electrons. The highest BCUT2D eigenvalue weighted by Gasteiger charge is 2.37. The predicted octanol–water partition coefficient (Wildman–Crippen LogP) is 3.76. The minimum Gasteiger partial charge on any atom is -0.305 e. The van der Waals surface area contributed by atoms with Crippen molar-refractivity contribution in [3.8, 4) is 0 Å². The van der Waals surface area contributed by atoms with E-state index in [2.05, 4.69) is 53.4 Å². The Balaban J connectivity index is 2.71. The summed E-state index contributed by atoms with van der Waals surface area (Å²) < 4.78 is 0. The summed E-state index contributed by atoms with van der Waals surface area (Å²) in [4.78, 5) is 0. The smallest absolute Gasteiger partial charge is 0.0314 e. The normalized spacial score (nSPS) is 20.1. The molecule has 1 heteroatoms. The summed E-state index contributed by atoms with van der Waals surface area (Å²) >= 11 is 0. The molecular formula is C14H27N. The molecule has 0 aromatic carbocycles. The predicted molar refractivity (Wildman–Crippen MR) is 68.0 cm³/mol. The minimum atomic E-state index is 0.182. The molecular weight excluding hydrogens is 182 g/mol. The Morgan fingerprint density at radius 3 is 1.87 bits per heavy atom. The van der Waals surface area contributed by atoms with Crippen molar-refractivity contribution < 1.29 is 0 Å². The van der Waals surface area contributed by atoms with Crippen molar-refractivity contribution in [1.82, 2.24) is 5.32 Å². The van der Waals surface area contributed by atoms with Gasteiger partial charge in [0, 0.05) is 11.6 Å². The van der Waals surface area contributed by atoms with Crippen molar-refractivity contribution in [2.75, 3.05) is 0 Å². The van der Waals surface area contributed by atoms with E-state index in [0.29, 0.717) is 6.04 Å². The summed E-state index contributed by atoms with van der Waals surface area (Å²) in [7, 11) is 0. The zero-order valence-electron chi connectivity index (χ0n) is 11.3. The van der Waals surface area contributed by atoms with Gasteiger partial charge in [-0.25, -0.2) is 0 Å². The van der Waals surface area contributed by atoms with Crippen LogP contribution in [0, 0.1) is 11.3 Å². The van der Waals surface area contributed by atoms with Gasteiger partial charge in [-0.15, -0.1) is 0 Å². The lowest BCUT2D eigenvalue weighted by Gasteiger charge is -2.35. The first-order valence-electron chi connectivity index (χ1n) is 6.08. The van der Waals surface area contributed by atoms with Gasteiger partial charge in [-0.1, -0.05) is 32.9 Å². The van der Waals surface area contributed by atoms with Gasteiger partial charge in [-0.05, 0) is 44.9 Å². The second kappa shape index (κ2) is 3.93. The maximum atomic E-state index is 4.31. The van der Waals surface area contributed by atoms with Gasteiger partial charge in [-0.2, -0.15) is 0 Å². The van der Waals surface area contributed by atoms with Crippen LogP contribution in [0.5, 0.6) is 0 Å². The SMILES string of the molecule is C=C(C(NC(C)(C)C)C1CC1)C(C)(C)C. The van der Waals surface area contributed by atoms with Crippen LogP contribution >= 0.6 is 0 Å². The van der Waals surface area contributed by atoms with Crippen LogP contribution < -0.4 is 5.32 Å². The highest BCUT2D eigenvalue weighted by Crippen LogP contribution is 2.40. The highest BCUT2D eigenvalue weighted by molar-refractivity contribution is 5.18. The van der Waals surface area contributed by atoms with Gasteiger partial charge in [0.15, 0.2) is 0 Å². The molecule has 0 heterocycles. The van der Waals surface area contributed by atoms with Crippen molar-refractivity contribution >= 4 is 0 Å². The number of hydrogen-bond donors (Lipinski definition) is 1. The van der Waals surface area contributed by atoms with Gasteiger partial charge in [-0.3, -0.25) is 0 Å². The summed E-state index contributed by atoms with van der Waals surface area (Å²) in [6.45, 7) is 17.8. The molecule has 1 fully saturated rings. The van der Waals surface area contributed by atoms with Crippen LogP contribution in [0.2, 0.25) is 0 Å². The Hall–Kier alpha value is -0.300. The van der Waals surface area contributed by atoms with Gasteiger partial charge in [0.1, 0.15) is 0 Å². The minimum absolute atomic E-state index is 0.182. The lowest BCUT2D eigenvalue weighted by atomic mass is 9.80. The van der Waals surface area contributed by atoms with Gasteiger partial charge in [0.2, 0.25) is 0 Å². The van der Waals surface area contributed by atoms with E-state index < -0.39 is 0 Å². The molecule has 1 atom stereocenters. The molecule has 88 valence electrons. The molecule has 0 amide bonds. The molecule has 0 aromatic rings. The number of nitrogens with one attached hydrogen (secondary N) is 1. The summed E-state index contributed by atoms with van der Waals surface area (Å²) in [6.07, 6.45) is 2.73. The average Bonchev–Trinajstić information content (AvgIpc) is 2.77. The first-order valence-corrected chi connectivity index (χ1v) is 6.08. The molecule has 0 aromatic heterocycles. The number of hydrogen-bond acceptors (Lipinski definition) is 1. The zero-order valence-corrected chi connectivity index (χ0v) is 11.3. The molecule has 0 aliphatic heterocycles. The molecule has 1 nitrogen and oxygen atoms in total. The van der Waals surface area contributed by atoms with Crippen LogP contribution in [0.15, 0.2) is 12.2 Å². The Morgan fingerprint density at radius 2 is 1.60 bits per heavy atom. The first-order chi connectivity index (χ1) is 6.61. The lowest BCUT2D eigenvalue weighted by Crippen LogP contribution is -2.47. The maximum Gasteiger partial charge on any atom is 0.0314 e. The monoisotopic (exact) mass is 209 g/mol.